The summed E-state index contributed by atoms with van der Waals surface area (Å²) in [5.74, 6) is -1.17. The molecule has 0 aliphatic carbocycles. The average Bonchev–Trinajstić information content (AvgIpc) is 3.05. The third-order valence-electron chi connectivity index (χ3n) is 7.61. The zero-order valence-corrected chi connectivity index (χ0v) is 27.1. The number of carbonyl (C=O) groups excluding carboxylic acids is 2. The fourth-order valence-electron chi connectivity index (χ4n) is 5.15. The lowest BCUT2D eigenvalue weighted by molar-refractivity contribution is -0.140. The Kier molecular flexibility index (Phi) is 11.8. The average molecular weight is 666 g/mol. The van der Waals surface area contributed by atoms with E-state index in [4.69, 9.17) is 0 Å². The van der Waals surface area contributed by atoms with Crippen LogP contribution < -0.4 is 9.62 Å². The first-order valence-electron chi connectivity index (χ1n) is 15.3. The minimum Gasteiger partial charge on any atom is -0.354 e. The van der Waals surface area contributed by atoms with Crippen LogP contribution in [0.25, 0.3) is 0 Å². The Labute approximate surface area is 274 Å². The van der Waals surface area contributed by atoms with Crippen LogP contribution in [0, 0.1) is 6.92 Å². The molecule has 0 fully saturated rings. The van der Waals surface area contributed by atoms with Gasteiger partial charge in [-0.05, 0) is 54.8 Å². The van der Waals surface area contributed by atoms with Crippen LogP contribution in [0.15, 0.2) is 114 Å². The first-order chi connectivity index (χ1) is 22.4. The highest BCUT2D eigenvalue weighted by Crippen LogP contribution is 2.33. The van der Waals surface area contributed by atoms with Gasteiger partial charge in [0.1, 0.15) is 12.6 Å². The lowest BCUT2D eigenvalue weighted by atomic mass is 10.0. The fraction of sp³-hybridized carbons (Fsp3) is 0.278. The van der Waals surface area contributed by atoms with Crippen LogP contribution in [0.5, 0.6) is 0 Å². The molecule has 47 heavy (non-hydrogen) atoms. The Bertz CT molecular complexity index is 1750. The Morgan fingerprint density at radius 2 is 1.47 bits per heavy atom. The van der Waals surface area contributed by atoms with E-state index in [1.165, 1.54) is 35.2 Å². The molecule has 0 aliphatic heterocycles. The van der Waals surface area contributed by atoms with Crippen molar-refractivity contribution in [2.45, 2.75) is 56.8 Å². The van der Waals surface area contributed by atoms with Crippen molar-refractivity contribution >= 4 is 27.5 Å². The number of anilines is 1. The second-order valence-electron chi connectivity index (χ2n) is 11.2. The van der Waals surface area contributed by atoms with E-state index >= 15 is 0 Å². The summed E-state index contributed by atoms with van der Waals surface area (Å²) < 4.78 is 70.0. The molecule has 4 aromatic rings. The Morgan fingerprint density at radius 1 is 0.830 bits per heavy atom. The monoisotopic (exact) mass is 665 g/mol. The van der Waals surface area contributed by atoms with Gasteiger partial charge in [-0.25, -0.2) is 8.42 Å². The molecule has 0 bridgehead atoms. The Hall–Kier alpha value is -4.64. The number of rotatable bonds is 14. The lowest BCUT2D eigenvalue weighted by Gasteiger charge is -2.34. The van der Waals surface area contributed by atoms with Crippen molar-refractivity contribution in [1.82, 2.24) is 10.2 Å². The smallest absolute Gasteiger partial charge is 0.354 e. The van der Waals surface area contributed by atoms with Crippen LogP contribution in [0.4, 0.5) is 18.9 Å². The maximum atomic E-state index is 14.5. The number of hydrogen-bond donors (Lipinski definition) is 1. The SMILES string of the molecule is CCCCNC(=O)C(Cc1ccccc1)N(Cc1cccc(C)c1)C(=O)CN(c1cccc(C(F)(F)F)c1)S(=O)(=O)c1ccccc1. The summed E-state index contributed by atoms with van der Waals surface area (Å²) >= 11 is 0. The van der Waals surface area contributed by atoms with Crippen molar-refractivity contribution in [2.24, 2.45) is 0 Å². The van der Waals surface area contributed by atoms with Gasteiger partial charge in [-0.1, -0.05) is 97.8 Å². The van der Waals surface area contributed by atoms with E-state index in [9.17, 15) is 31.2 Å². The molecule has 11 heteroatoms. The summed E-state index contributed by atoms with van der Waals surface area (Å²) in [6.45, 7) is 3.36. The van der Waals surface area contributed by atoms with E-state index in [-0.39, 0.29) is 23.5 Å². The molecule has 4 rings (SSSR count). The van der Waals surface area contributed by atoms with Gasteiger partial charge in [-0.3, -0.25) is 13.9 Å². The molecular weight excluding hydrogens is 627 g/mol. The maximum Gasteiger partial charge on any atom is 0.416 e. The van der Waals surface area contributed by atoms with Gasteiger partial charge < -0.3 is 10.2 Å². The minimum absolute atomic E-state index is 0.0406. The van der Waals surface area contributed by atoms with Crippen LogP contribution >= 0.6 is 0 Å². The molecule has 1 unspecified atom stereocenters. The highest BCUT2D eigenvalue weighted by atomic mass is 32.2. The minimum atomic E-state index is -4.75. The van der Waals surface area contributed by atoms with Gasteiger partial charge in [-0.15, -0.1) is 0 Å². The van der Waals surface area contributed by atoms with E-state index in [1.54, 1.807) is 12.1 Å². The summed E-state index contributed by atoms with van der Waals surface area (Å²) in [4.78, 5) is 29.4. The van der Waals surface area contributed by atoms with Gasteiger partial charge in [-0.2, -0.15) is 13.2 Å². The van der Waals surface area contributed by atoms with Gasteiger partial charge in [0.05, 0.1) is 16.1 Å². The van der Waals surface area contributed by atoms with Crippen LogP contribution in [-0.4, -0.2) is 44.3 Å². The van der Waals surface area contributed by atoms with Crippen LogP contribution in [0.3, 0.4) is 0 Å². The highest BCUT2D eigenvalue weighted by molar-refractivity contribution is 7.92. The second-order valence-corrected chi connectivity index (χ2v) is 13.1. The molecule has 0 saturated carbocycles. The summed E-state index contributed by atoms with van der Waals surface area (Å²) in [6.07, 6.45) is -3.07. The number of nitrogens with zero attached hydrogens (tertiary/aromatic N) is 2. The van der Waals surface area contributed by atoms with Gasteiger partial charge in [0, 0.05) is 19.5 Å². The predicted octanol–water partition coefficient (Wildman–Crippen LogP) is 6.77. The molecular formula is C36H38F3N3O4S. The molecule has 0 aliphatic rings. The van der Waals surface area contributed by atoms with E-state index in [1.807, 2.05) is 62.4 Å². The van der Waals surface area contributed by atoms with E-state index in [0.717, 1.165) is 29.7 Å². The first kappa shape index (κ1) is 35.2. The fourth-order valence-corrected chi connectivity index (χ4v) is 6.58. The van der Waals surface area contributed by atoms with Crippen molar-refractivity contribution in [3.8, 4) is 0 Å². The van der Waals surface area contributed by atoms with Gasteiger partial charge in [0.15, 0.2) is 0 Å². The number of alkyl halides is 3. The van der Waals surface area contributed by atoms with E-state index in [0.29, 0.717) is 28.9 Å². The number of aryl methyl sites for hydroxylation is 1. The molecule has 0 spiro atoms. The topological polar surface area (TPSA) is 86.8 Å². The largest absolute Gasteiger partial charge is 0.416 e. The summed E-state index contributed by atoms with van der Waals surface area (Å²) in [6, 6.07) is 26.5. The molecule has 1 atom stereocenters. The van der Waals surface area contributed by atoms with Crippen molar-refractivity contribution in [3.05, 3.63) is 131 Å². The lowest BCUT2D eigenvalue weighted by Crippen LogP contribution is -2.53. The summed E-state index contributed by atoms with van der Waals surface area (Å²) in [5, 5.41) is 2.91. The predicted molar refractivity (Wildman–Crippen MR) is 176 cm³/mol. The molecule has 0 saturated heterocycles. The number of sulfonamides is 1. The molecule has 0 radical (unpaired) electrons. The van der Waals surface area contributed by atoms with Crippen molar-refractivity contribution < 1.29 is 31.2 Å². The quantitative estimate of drug-likeness (QED) is 0.151. The van der Waals surface area contributed by atoms with Crippen LogP contribution in [-0.2, 0) is 38.8 Å². The Balaban J connectivity index is 1.82. The highest BCUT2D eigenvalue weighted by Gasteiger charge is 2.36. The maximum absolute atomic E-state index is 14.5. The molecule has 7 nitrogen and oxygen atoms in total. The number of halogens is 3. The number of carbonyl (C=O) groups is 2. The van der Waals surface area contributed by atoms with Crippen molar-refractivity contribution in [1.29, 1.82) is 0 Å². The molecule has 2 amide bonds. The van der Waals surface area contributed by atoms with Crippen molar-refractivity contribution in [2.75, 3.05) is 17.4 Å². The molecule has 1 N–H and O–H groups in total. The summed E-state index contributed by atoms with van der Waals surface area (Å²) in [7, 11) is -4.53. The number of amides is 2. The third kappa shape index (κ3) is 9.45. The number of nitrogens with one attached hydrogen (secondary N) is 1. The Morgan fingerprint density at radius 3 is 2.11 bits per heavy atom. The molecule has 4 aromatic carbocycles. The van der Waals surface area contributed by atoms with Crippen molar-refractivity contribution in [3.63, 3.8) is 0 Å². The zero-order valence-electron chi connectivity index (χ0n) is 26.3. The first-order valence-corrected chi connectivity index (χ1v) is 16.8. The normalized spacial score (nSPS) is 12.3. The van der Waals surface area contributed by atoms with E-state index in [2.05, 4.69) is 5.32 Å². The van der Waals surface area contributed by atoms with Crippen LogP contribution in [0.2, 0.25) is 0 Å². The number of benzene rings is 4. The molecule has 0 heterocycles. The standard InChI is InChI=1S/C36H38F3N3O4S/c1-3-4-21-40-35(44)33(23-28-14-7-5-8-15-28)41(25-29-16-11-13-27(2)22-29)34(43)26-42(47(45,46)32-19-9-6-10-20-32)31-18-12-17-30(24-31)36(37,38)39/h5-20,22,24,33H,3-4,21,23,25-26H2,1-2H3,(H,40,44). The number of hydrogen-bond acceptors (Lipinski definition) is 4. The van der Waals surface area contributed by atoms with Gasteiger partial charge in [0.2, 0.25) is 11.8 Å². The van der Waals surface area contributed by atoms with Gasteiger partial charge >= 0.3 is 6.18 Å². The third-order valence-corrected chi connectivity index (χ3v) is 9.40. The zero-order chi connectivity index (χ0) is 34.0. The van der Waals surface area contributed by atoms with Gasteiger partial charge in [0.25, 0.3) is 10.0 Å². The number of unbranched alkanes of at least 4 members (excludes halogenated alkanes) is 1. The molecule has 0 aromatic heterocycles. The molecule has 248 valence electrons. The summed E-state index contributed by atoms with van der Waals surface area (Å²) in [5.41, 5.74) is 0.995. The van der Waals surface area contributed by atoms with E-state index < -0.39 is 46.2 Å². The van der Waals surface area contributed by atoms with Crippen LogP contribution in [0.1, 0.15) is 42.0 Å². The second kappa shape index (κ2) is 15.8.